The molecule has 0 aliphatic heterocycles. The topological polar surface area (TPSA) is 137 Å². The summed E-state index contributed by atoms with van der Waals surface area (Å²) >= 11 is 0. The molecule has 0 fully saturated rings. The monoisotopic (exact) mass is 496 g/mol. The molecule has 3 heterocycles. The SMILES string of the molecule is COCCn1cnc2c1c(=O)n(CC(=O)OCc1ccc(C(=O)OC)o1)c(=O)n2Cc1ccccc1. The minimum atomic E-state index is -0.834. The van der Waals surface area contributed by atoms with Crippen LogP contribution in [0, 0.1) is 0 Å². The predicted octanol–water partition coefficient (Wildman–Crippen LogP) is 1.18. The van der Waals surface area contributed by atoms with Crippen LogP contribution < -0.4 is 11.2 Å². The molecule has 0 spiro atoms. The van der Waals surface area contributed by atoms with Crippen molar-refractivity contribution in [3.05, 3.63) is 86.7 Å². The fourth-order valence-corrected chi connectivity index (χ4v) is 3.64. The van der Waals surface area contributed by atoms with Gasteiger partial charge in [-0.15, -0.1) is 0 Å². The minimum Gasteiger partial charge on any atom is -0.463 e. The maximum absolute atomic E-state index is 13.3. The fourth-order valence-electron chi connectivity index (χ4n) is 3.64. The molecule has 12 nitrogen and oxygen atoms in total. The number of imidazole rings is 1. The summed E-state index contributed by atoms with van der Waals surface area (Å²) in [5.74, 6) is -1.35. The minimum absolute atomic E-state index is 0.0432. The third kappa shape index (κ3) is 5.13. The maximum atomic E-state index is 13.3. The van der Waals surface area contributed by atoms with Crippen molar-refractivity contribution in [1.29, 1.82) is 0 Å². The van der Waals surface area contributed by atoms with Crippen LogP contribution in [0.3, 0.4) is 0 Å². The molecule has 3 aromatic heterocycles. The van der Waals surface area contributed by atoms with Crippen molar-refractivity contribution in [2.45, 2.75) is 26.2 Å². The molecule has 0 atom stereocenters. The largest absolute Gasteiger partial charge is 0.463 e. The number of hydrogen-bond donors (Lipinski definition) is 0. The zero-order chi connectivity index (χ0) is 25.7. The van der Waals surface area contributed by atoms with Crippen molar-refractivity contribution in [2.75, 3.05) is 20.8 Å². The lowest BCUT2D eigenvalue weighted by Crippen LogP contribution is -2.42. The van der Waals surface area contributed by atoms with E-state index in [1.165, 1.54) is 37.2 Å². The van der Waals surface area contributed by atoms with Gasteiger partial charge >= 0.3 is 17.6 Å². The van der Waals surface area contributed by atoms with E-state index >= 15 is 0 Å². The number of fused-ring (bicyclic) bond motifs is 1. The smallest absolute Gasteiger partial charge is 0.373 e. The van der Waals surface area contributed by atoms with E-state index in [0.717, 1.165) is 10.1 Å². The van der Waals surface area contributed by atoms with Gasteiger partial charge in [-0.2, -0.15) is 0 Å². The van der Waals surface area contributed by atoms with Crippen LogP contribution in [0.15, 0.2) is 62.8 Å². The van der Waals surface area contributed by atoms with E-state index in [-0.39, 0.29) is 35.8 Å². The average Bonchev–Trinajstić information content (AvgIpc) is 3.54. The second kappa shape index (κ2) is 10.9. The van der Waals surface area contributed by atoms with E-state index in [1.807, 2.05) is 30.3 Å². The first kappa shape index (κ1) is 24.7. The van der Waals surface area contributed by atoms with Crippen molar-refractivity contribution in [3.8, 4) is 0 Å². The third-order valence-electron chi connectivity index (χ3n) is 5.41. The van der Waals surface area contributed by atoms with Gasteiger partial charge in [0.25, 0.3) is 5.56 Å². The van der Waals surface area contributed by atoms with Gasteiger partial charge in [0.15, 0.2) is 11.2 Å². The van der Waals surface area contributed by atoms with Crippen molar-refractivity contribution in [1.82, 2.24) is 18.7 Å². The molecule has 0 unspecified atom stereocenters. The molecule has 0 saturated carbocycles. The Bertz CT molecular complexity index is 1500. The normalized spacial score (nSPS) is 11.1. The molecular weight excluding hydrogens is 472 g/mol. The second-order valence-electron chi connectivity index (χ2n) is 7.77. The summed E-state index contributed by atoms with van der Waals surface area (Å²) in [6.07, 6.45) is 1.46. The molecule has 4 aromatic rings. The standard InChI is InChI=1S/C24H24N4O8/c1-33-11-10-26-15-25-21-20(26)22(30)28(24(32)27(21)12-16-6-4-3-5-7-16)13-19(29)35-14-17-8-9-18(36-17)23(31)34-2/h3-9,15H,10-14H2,1-2H3. The molecule has 0 radical (unpaired) electrons. The number of ether oxygens (including phenoxy) is 3. The van der Waals surface area contributed by atoms with Gasteiger partial charge in [-0.1, -0.05) is 30.3 Å². The number of benzene rings is 1. The zero-order valence-electron chi connectivity index (χ0n) is 19.7. The zero-order valence-corrected chi connectivity index (χ0v) is 19.7. The van der Waals surface area contributed by atoms with Gasteiger partial charge in [0.2, 0.25) is 5.76 Å². The Balaban J connectivity index is 1.64. The number of esters is 2. The molecule has 36 heavy (non-hydrogen) atoms. The number of aromatic nitrogens is 4. The van der Waals surface area contributed by atoms with Crippen LogP contribution in [0.25, 0.3) is 11.2 Å². The number of carbonyl (C=O) groups excluding carboxylic acids is 2. The van der Waals surface area contributed by atoms with Gasteiger partial charge in [-0.3, -0.25) is 14.2 Å². The van der Waals surface area contributed by atoms with Crippen molar-refractivity contribution in [3.63, 3.8) is 0 Å². The van der Waals surface area contributed by atoms with Crippen LogP contribution in [0.5, 0.6) is 0 Å². The summed E-state index contributed by atoms with van der Waals surface area (Å²) in [4.78, 5) is 55.0. The summed E-state index contributed by atoms with van der Waals surface area (Å²) < 4.78 is 23.9. The Hall–Kier alpha value is -4.45. The highest BCUT2D eigenvalue weighted by molar-refractivity contribution is 5.86. The molecule has 4 rings (SSSR count). The quantitative estimate of drug-likeness (QED) is 0.296. The van der Waals surface area contributed by atoms with Gasteiger partial charge in [0, 0.05) is 13.7 Å². The molecule has 1 aromatic carbocycles. The summed E-state index contributed by atoms with van der Waals surface area (Å²) in [6, 6.07) is 12.1. The number of rotatable bonds is 10. The van der Waals surface area contributed by atoms with Crippen LogP contribution in [-0.4, -0.2) is 51.5 Å². The van der Waals surface area contributed by atoms with Gasteiger partial charge < -0.3 is 23.2 Å². The summed E-state index contributed by atoms with van der Waals surface area (Å²) in [7, 11) is 2.75. The number of methoxy groups -OCH3 is 2. The molecular formula is C24H24N4O8. The molecule has 0 amide bonds. The maximum Gasteiger partial charge on any atom is 0.373 e. The van der Waals surface area contributed by atoms with E-state index < -0.39 is 29.7 Å². The molecule has 188 valence electrons. The first-order valence-corrected chi connectivity index (χ1v) is 11.0. The average molecular weight is 496 g/mol. The van der Waals surface area contributed by atoms with Crippen LogP contribution >= 0.6 is 0 Å². The predicted molar refractivity (Wildman–Crippen MR) is 126 cm³/mol. The summed E-state index contributed by atoms with van der Waals surface area (Å²) in [6.45, 7) is -0.118. The highest BCUT2D eigenvalue weighted by Gasteiger charge is 2.21. The lowest BCUT2D eigenvalue weighted by Gasteiger charge is -2.12. The fraction of sp³-hybridized carbons (Fsp3) is 0.292. The highest BCUT2D eigenvalue weighted by atomic mass is 16.6. The Labute approximate surface area is 204 Å². The Morgan fingerprint density at radius 3 is 2.53 bits per heavy atom. The molecule has 0 bridgehead atoms. The van der Waals surface area contributed by atoms with E-state index in [1.54, 1.807) is 4.57 Å². The van der Waals surface area contributed by atoms with Crippen LogP contribution in [0.1, 0.15) is 21.9 Å². The van der Waals surface area contributed by atoms with E-state index in [4.69, 9.17) is 13.9 Å². The first-order valence-electron chi connectivity index (χ1n) is 11.0. The second-order valence-corrected chi connectivity index (χ2v) is 7.77. The lowest BCUT2D eigenvalue weighted by molar-refractivity contribution is -0.146. The first-order chi connectivity index (χ1) is 17.4. The van der Waals surface area contributed by atoms with Crippen molar-refractivity contribution >= 4 is 23.1 Å². The Morgan fingerprint density at radius 2 is 1.81 bits per heavy atom. The number of carbonyl (C=O) groups is 2. The molecule has 0 saturated heterocycles. The van der Waals surface area contributed by atoms with E-state index in [9.17, 15) is 19.2 Å². The van der Waals surface area contributed by atoms with Crippen LogP contribution in [0.2, 0.25) is 0 Å². The van der Waals surface area contributed by atoms with Gasteiger partial charge in [-0.05, 0) is 17.7 Å². The van der Waals surface area contributed by atoms with Gasteiger partial charge in [0.1, 0.15) is 18.9 Å². The molecule has 0 aliphatic carbocycles. The molecule has 0 aliphatic rings. The van der Waals surface area contributed by atoms with Crippen LogP contribution in [0.4, 0.5) is 0 Å². The number of furan rings is 1. The van der Waals surface area contributed by atoms with E-state index in [0.29, 0.717) is 13.2 Å². The number of hydrogen-bond acceptors (Lipinski definition) is 9. The van der Waals surface area contributed by atoms with Crippen molar-refractivity contribution < 1.29 is 28.2 Å². The summed E-state index contributed by atoms with van der Waals surface area (Å²) in [5.41, 5.74) is -0.170. The molecule has 0 N–H and O–H groups in total. The van der Waals surface area contributed by atoms with E-state index in [2.05, 4.69) is 9.72 Å². The van der Waals surface area contributed by atoms with Gasteiger partial charge in [0.05, 0.1) is 26.6 Å². The third-order valence-corrected chi connectivity index (χ3v) is 5.41. The lowest BCUT2D eigenvalue weighted by atomic mass is 10.2. The molecule has 12 heteroatoms. The highest BCUT2D eigenvalue weighted by Crippen LogP contribution is 2.12. The van der Waals surface area contributed by atoms with Crippen LogP contribution in [-0.2, 0) is 45.2 Å². The van der Waals surface area contributed by atoms with Gasteiger partial charge in [-0.25, -0.2) is 19.1 Å². The Morgan fingerprint density at radius 1 is 1.03 bits per heavy atom. The Kier molecular flexibility index (Phi) is 7.44. The number of nitrogens with zero attached hydrogens (tertiary/aromatic N) is 4. The summed E-state index contributed by atoms with van der Waals surface area (Å²) in [5, 5.41) is 0. The van der Waals surface area contributed by atoms with Crippen molar-refractivity contribution in [2.24, 2.45) is 0 Å².